The highest BCUT2D eigenvalue weighted by atomic mass is 19.1. The van der Waals surface area contributed by atoms with Gasteiger partial charge < -0.3 is 23.8 Å². The van der Waals surface area contributed by atoms with E-state index in [-0.39, 0.29) is 18.3 Å². The molecule has 0 spiro atoms. The van der Waals surface area contributed by atoms with Crippen LogP contribution in [0.2, 0.25) is 0 Å². The summed E-state index contributed by atoms with van der Waals surface area (Å²) in [5, 5.41) is 0. The molecule has 1 fully saturated rings. The van der Waals surface area contributed by atoms with E-state index in [9.17, 15) is 9.18 Å². The molecule has 0 saturated carbocycles. The van der Waals surface area contributed by atoms with Crippen LogP contribution in [0.5, 0.6) is 23.0 Å². The molecule has 8 heteroatoms. The third kappa shape index (κ3) is 5.13. The minimum Gasteiger partial charge on any atom is -0.493 e. The van der Waals surface area contributed by atoms with Gasteiger partial charge in [0.25, 0.3) is 5.91 Å². The zero-order valence-corrected chi connectivity index (χ0v) is 17.5. The molecule has 1 saturated heterocycles. The number of carbonyl (C=O) groups excluding carboxylic acids is 1. The number of nitrogens with zero attached hydrogens (tertiary/aromatic N) is 2. The summed E-state index contributed by atoms with van der Waals surface area (Å²) in [6.07, 6.45) is 0. The van der Waals surface area contributed by atoms with Gasteiger partial charge in [0.1, 0.15) is 11.6 Å². The molecule has 0 aliphatic carbocycles. The maximum Gasteiger partial charge on any atom is 0.260 e. The second-order valence-corrected chi connectivity index (χ2v) is 6.90. The topological polar surface area (TPSA) is 60.5 Å². The highest BCUT2D eigenvalue weighted by molar-refractivity contribution is 5.78. The molecule has 2 aromatic carbocycles. The van der Waals surface area contributed by atoms with E-state index in [0.717, 1.165) is 0 Å². The van der Waals surface area contributed by atoms with Gasteiger partial charge in [0.15, 0.2) is 18.1 Å². The van der Waals surface area contributed by atoms with Gasteiger partial charge in [0, 0.05) is 50.4 Å². The van der Waals surface area contributed by atoms with Crippen molar-refractivity contribution >= 4 is 5.91 Å². The monoisotopic (exact) mass is 418 g/mol. The summed E-state index contributed by atoms with van der Waals surface area (Å²) in [5.74, 6) is 1.53. The first-order chi connectivity index (χ1) is 14.5. The number of carbonyl (C=O) groups is 1. The molecule has 30 heavy (non-hydrogen) atoms. The Labute approximate surface area is 175 Å². The van der Waals surface area contributed by atoms with E-state index in [1.807, 2.05) is 6.07 Å². The lowest BCUT2D eigenvalue weighted by atomic mass is 10.2. The third-order valence-corrected chi connectivity index (χ3v) is 5.08. The summed E-state index contributed by atoms with van der Waals surface area (Å²) in [4.78, 5) is 16.5. The van der Waals surface area contributed by atoms with Gasteiger partial charge in [-0.15, -0.1) is 0 Å². The predicted molar refractivity (Wildman–Crippen MR) is 110 cm³/mol. The maximum absolute atomic E-state index is 13.8. The SMILES string of the molecule is COc1cc(OCC(=O)N2CCN(Cc3ccccc3F)CC2)cc(OC)c1OC. The second-order valence-electron chi connectivity index (χ2n) is 6.90. The van der Waals surface area contributed by atoms with Crippen molar-refractivity contribution in [3.05, 3.63) is 47.8 Å². The fourth-order valence-electron chi connectivity index (χ4n) is 3.40. The van der Waals surface area contributed by atoms with Crippen molar-refractivity contribution in [2.75, 3.05) is 54.1 Å². The number of hydrogen-bond donors (Lipinski definition) is 0. The first-order valence-corrected chi connectivity index (χ1v) is 9.72. The van der Waals surface area contributed by atoms with Crippen molar-refractivity contribution in [3.8, 4) is 23.0 Å². The van der Waals surface area contributed by atoms with E-state index < -0.39 is 0 Å². The highest BCUT2D eigenvalue weighted by Crippen LogP contribution is 2.40. The van der Waals surface area contributed by atoms with Crippen molar-refractivity contribution in [3.63, 3.8) is 0 Å². The first kappa shape index (κ1) is 21.7. The Hall–Kier alpha value is -3.00. The zero-order valence-electron chi connectivity index (χ0n) is 17.5. The van der Waals surface area contributed by atoms with E-state index in [2.05, 4.69) is 4.90 Å². The second kappa shape index (κ2) is 10.2. The molecule has 0 unspecified atom stereocenters. The molecule has 1 amide bonds. The average Bonchev–Trinajstić information content (AvgIpc) is 2.78. The molecule has 2 aromatic rings. The molecule has 162 valence electrons. The number of benzene rings is 2. The van der Waals surface area contributed by atoms with Crippen molar-refractivity contribution in [2.45, 2.75) is 6.54 Å². The van der Waals surface area contributed by atoms with Crippen LogP contribution in [0.4, 0.5) is 4.39 Å². The lowest BCUT2D eigenvalue weighted by Gasteiger charge is -2.34. The van der Waals surface area contributed by atoms with Crippen LogP contribution in [-0.2, 0) is 11.3 Å². The van der Waals surface area contributed by atoms with Crippen molar-refractivity contribution < 1.29 is 28.1 Å². The molecular formula is C22H27FN2O5. The van der Waals surface area contributed by atoms with Gasteiger partial charge in [0.2, 0.25) is 5.75 Å². The highest BCUT2D eigenvalue weighted by Gasteiger charge is 2.22. The van der Waals surface area contributed by atoms with E-state index in [0.29, 0.717) is 61.3 Å². The van der Waals surface area contributed by atoms with E-state index in [4.69, 9.17) is 18.9 Å². The van der Waals surface area contributed by atoms with E-state index >= 15 is 0 Å². The molecular weight excluding hydrogens is 391 g/mol. The van der Waals surface area contributed by atoms with Crippen LogP contribution >= 0.6 is 0 Å². The van der Waals surface area contributed by atoms with Crippen LogP contribution < -0.4 is 18.9 Å². The summed E-state index contributed by atoms with van der Waals surface area (Å²) >= 11 is 0. The van der Waals surface area contributed by atoms with E-state index in [1.54, 1.807) is 29.2 Å². The number of rotatable bonds is 8. The fraction of sp³-hybridized carbons (Fsp3) is 0.409. The van der Waals surface area contributed by atoms with Crippen LogP contribution in [0.15, 0.2) is 36.4 Å². The fourth-order valence-corrected chi connectivity index (χ4v) is 3.40. The molecule has 1 aliphatic heterocycles. The van der Waals surface area contributed by atoms with Crippen LogP contribution in [0.3, 0.4) is 0 Å². The Balaban J connectivity index is 1.52. The summed E-state index contributed by atoms with van der Waals surface area (Å²) in [7, 11) is 4.57. The number of amides is 1. The summed E-state index contributed by atoms with van der Waals surface area (Å²) in [6, 6.07) is 10.1. The molecule has 0 N–H and O–H groups in total. The molecule has 3 rings (SSSR count). The van der Waals surface area contributed by atoms with Crippen LogP contribution in [-0.4, -0.2) is 69.8 Å². The smallest absolute Gasteiger partial charge is 0.260 e. The van der Waals surface area contributed by atoms with Crippen molar-refractivity contribution in [1.82, 2.24) is 9.80 Å². The van der Waals surface area contributed by atoms with Gasteiger partial charge >= 0.3 is 0 Å². The molecule has 1 aliphatic rings. The number of methoxy groups -OCH3 is 3. The summed E-state index contributed by atoms with van der Waals surface area (Å²) in [6.45, 7) is 2.97. The van der Waals surface area contributed by atoms with Gasteiger partial charge in [-0.2, -0.15) is 0 Å². The quantitative estimate of drug-likeness (QED) is 0.657. The lowest BCUT2D eigenvalue weighted by Crippen LogP contribution is -2.49. The van der Waals surface area contributed by atoms with Crippen LogP contribution in [0, 0.1) is 5.82 Å². The summed E-state index contributed by atoms with van der Waals surface area (Å²) in [5.41, 5.74) is 0.669. The van der Waals surface area contributed by atoms with E-state index in [1.165, 1.54) is 27.4 Å². The summed E-state index contributed by atoms with van der Waals surface area (Å²) < 4.78 is 35.4. The minimum absolute atomic E-state index is 0.0913. The van der Waals surface area contributed by atoms with Gasteiger partial charge in [-0.1, -0.05) is 18.2 Å². The largest absolute Gasteiger partial charge is 0.493 e. The normalized spacial score (nSPS) is 14.3. The Morgan fingerprint density at radius 2 is 1.60 bits per heavy atom. The van der Waals surface area contributed by atoms with Crippen molar-refractivity contribution in [2.24, 2.45) is 0 Å². The number of ether oxygens (including phenoxy) is 4. The van der Waals surface area contributed by atoms with Crippen molar-refractivity contribution in [1.29, 1.82) is 0 Å². The van der Waals surface area contributed by atoms with Gasteiger partial charge in [0.05, 0.1) is 21.3 Å². The Bertz CT molecular complexity index is 843. The Kier molecular flexibility index (Phi) is 7.35. The minimum atomic E-state index is -0.199. The number of piperazine rings is 1. The Morgan fingerprint density at radius 3 is 2.17 bits per heavy atom. The predicted octanol–water partition coefficient (Wildman–Crippen LogP) is 2.57. The van der Waals surface area contributed by atoms with Crippen LogP contribution in [0.25, 0.3) is 0 Å². The van der Waals surface area contributed by atoms with Gasteiger partial charge in [-0.05, 0) is 6.07 Å². The molecule has 0 aromatic heterocycles. The maximum atomic E-state index is 13.8. The molecule has 0 radical (unpaired) electrons. The number of hydrogen-bond acceptors (Lipinski definition) is 6. The van der Waals surface area contributed by atoms with Gasteiger partial charge in [-0.25, -0.2) is 4.39 Å². The third-order valence-electron chi connectivity index (χ3n) is 5.08. The zero-order chi connectivity index (χ0) is 21.5. The molecule has 0 bridgehead atoms. The van der Waals surface area contributed by atoms with Crippen LogP contribution in [0.1, 0.15) is 5.56 Å². The standard InChI is InChI=1S/C22H27FN2O5/c1-27-19-12-17(13-20(28-2)22(19)29-3)30-15-21(26)25-10-8-24(9-11-25)14-16-6-4-5-7-18(16)23/h4-7,12-13H,8-11,14-15H2,1-3H3. The van der Waals surface area contributed by atoms with Gasteiger partial charge in [-0.3, -0.25) is 9.69 Å². The average molecular weight is 418 g/mol. The Morgan fingerprint density at radius 1 is 0.967 bits per heavy atom. The lowest BCUT2D eigenvalue weighted by molar-refractivity contribution is -0.135. The molecule has 1 heterocycles. The first-order valence-electron chi connectivity index (χ1n) is 9.72. The number of halogens is 1. The molecule has 7 nitrogen and oxygen atoms in total. The molecule has 0 atom stereocenters.